The third-order valence-electron chi connectivity index (χ3n) is 7.58. The number of aromatic nitrogens is 3. The highest BCUT2D eigenvalue weighted by Gasteiger charge is 2.38. The molecule has 0 saturated carbocycles. The SMILES string of the molecule is COc1cccc2c1CC[C@H]1CN(CCn3c(=O)[nH]c4c(c3=O)Cc3c(Cl)ccnc3-4)C[C@@H]21. The average Bonchev–Trinajstić information content (AvgIpc) is 3.41. The van der Waals surface area contributed by atoms with Crippen LogP contribution in [-0.2, 0) is 19.4 Å². The van der Waals surface area contributed by atoms with E-state index < -0.39 is 0 Å². The maximum Gasteiger partial charge on any atom is 0.328 e. The van der Waals surface area contributed by atoms with Gasteiger partial charge in [0, 0.05) is 60.9 Å². The second kappa shape index (κ2) is 7.85. The number of pyridine rings is 1. The molecule has 1 aliphatic heterocycles. The second-order valence-corrected chi connectivity index (χ2v) is 9.64. The zero-order valence-electron chi connectivity index (χ0n) is 18.4. The number of ether oxygens (including phenoxy) is 1. The van der Waals surface area contributed by atoms with Gasteiger partial charge in [-0.25, -0.2) is 4.79 Å². The van der Waals surface area contributed by atoms with E-state index in [0.717, 1.165) is 37.2 Å². The van der Waals surface area contributed by atoms with Gasteiger partial charge in [-0.15, -0.1) is 0 Å². The molecule has 2 aromatic heterocycles. The topological polar surface area (TPSA) is 80.2 Å². The smallest absolute Gasteiger partial charge is 0.328 e. The third-order valence-corrected chi connectivity index (χ3v) is 7.94. The monoisotopic (exact) mass is 464 g/mol. The lowest BCUT2D eigenvalue weighted by Gasteiger charge is -2.28. The Kier molecular flexibility index (Phi) is 4.92. The van der Waals surface area contributed by atoms with Crippen molar-refractivity contribution in [2.24, 2.45) is 5.92 Å². The number of H-pyrrole nitrogens is 1. The van der Waals surface area contributed by atoms with Crippen LogP contribution in [0.25, 0.3) is 11.4 Å². The summed E-state index contributed by atoms with van der Waals surface area (Å²) in [6.45, 7) is 2.96. The molecule has 0 bridgehead atoms. The predicted octanol–water partition coefficient (Wildman–Crippen LogP) is 2.83. The minimum absolute atomic E-state index is 0.241. The number of hydrogen-bond donors (Lipinski definition) is 1. The molecule has 1 N–H and O–H groups in total. The Hall–Kier alpha value is -2.90. The van der Waals surface area contributed by atoms with E-state index in [1.54, 1.807) is 19.4 Å². The Morgan fingerprint density at radius 3 is 2.88 bits per heavy atom. The fourth-order valence-corrected chi connectivity index (χ4v) is 6.17. The first kappa shape index (κ1) is 20.7. The van der Waals surface area contributed by atoms with Crippen molar-refractivity contribution in [1.82, 2.24) is 19.4 Å². The Morgan fingerprint density at radius 1 is 1.15 bits per heavy atom. The molecule has 170 valence electrons. The molecule has 0 radical (unpaired) electrons. The first-order valence-corrected chi connectivity index (χ1v) is 11.8. The van der Waals surface area contributed by atoms with Crippen molar-refractivity contribution < 1.29 is 4.74 Å². The summed E-state index contributed by atoms with van der Waals surface area (Å²) in [6, 6.07) is 8.05. The van der Waals surface area contributed by atoms with Crippen LogP contribution in [0.4, 0.5) is 0 Å². The van der Waals surface area contributed by atoms with Gasteiger partial charge < -0.3 is 14.6 Å². The first-order chi connectivity index (χ1) is 16.0. The fourth-order valence-electron chi connectivity index (χ4n) is 5.96. The van der Waals surface area contributed by atoms with E-state index >= 15 is 0 Å². The molecule has 0 spiro atoms. The molecule has 6 rings (SSSR count). The molecule has 0 unspecified atom stereocenters. The highest BCUT2D eigenvalue weighted by molar-refractivity contribution is 6.31. The molecule has 7 nitrogen and oxygen atoms in total. The van der Waals surface area contributed by atoms with Crippen LogP contribution in [0.2, 0.25) is 5.02 Å². The summed E-state index contributed by atoms with van der Waals surface area (Å²) < 4.78 is 6.92. The molecule has 33 heavy (non-hydrogen) atoms. The van der Waals surface area contributed by atoms with Crippen molar-refractivity contribution in [3.63, 3.8) is 0 Å². The molecule has 1 fully saturated rings. The Balaban J connectivity index is 1.22. The lowest BCUT2D eigenvalue weighted by molar-refractivity contribution is 0.302. The van der Waals surface area contributed by atoms with E-state index in [-0.39, 0.29) is 11.2 Å². The maximum absolute atomic E-state index is 13.2. The summed E-state index contributed by atoms with van der Waals surface area (Å²) in [5.41, 5.74) is 4.59. The number of methoxy groups -OCH3 is 1. The van der Waals surface area contributed by atoms with Crippen LogP contribution in [0.1, 0.15) is 34.6 Å². The van der Waals surface area contributed by atoms with Gasteiger partial charge in [-0.1, -0.05) is 23.7 Å². The molecular weight excluding hydrogens is 440 g/mol. The van der Waals surface area contributed by atoms with Gasteiger partial charge in [-0.2, -0.15) is 0 Å². The summed E-state index contributed by atoms with van der Waals surface area (Å²) in [6.07, 6.45) is 4.18. The van der Waals surface area contributed by atoms with Gasteiger partial charge in [0.2, 0.25) is 0 Å². The van der Waals surface area contributed by atoms with Crippen LogP contribution in [-0.4, -0.2) is 46.2 Å². The number of benzene rings is 1. The van der Waals surface area contributed by atoms with E-state index in [2.05, 4.69) is 27.0 Å². The molecule has 1 aromatic carbocycles. The van der Waals surface area contributed by atoms with Gasteiger partial charge >= 0.3 is 5.69 Å². The van der Waals surface area contributed by atoms with Crippen LogP contribution < -0.4 is 16.0 Å². The van der Waals surface area contributed by atoms with E-state index in [1.165, 1.54) is 15.7 Å². The number of fused-ring (bicyclic) bond motifs is 6. The van der Waals surface area contributed by atoms with E-state index in [4.69, 9.17) is 16.3 Å². The van der Waals surface area contributed by atoms with Crippen molar-refractivity contribution in [3.8, 4) is 17.1 Å². The summed E-state index contributed by atoms with van der Waals surface area (Å²) in [7, 11) is 1.73. The van der Waals surface area contributed by atoms with Crippen molar-refractivity contribution in [1.29, 1.82) is 0 Å². The van der Waals surface area contributed by atoms with E-state index in [9.17, 15) is 9.59 Å². The number of rotatable bonds is 4. The van der Waals surface area contributed by atoms with Gasteiger partial charge in [0.15, 0.2) is 0 Å². The van der Waals surface area contributed by atoms with Crippen LogP contribution in [0, 0.1) is 5.92 Å². The molecule has 8 heteroatoms. The van der Waals surface area contributed by atoms with Gasteiger partial charge in [0.25, 0.3) is 5.56 Å². The zero-order valence-corrected chi connectivity index (χ0v) is 19.2. The van der Waals surface area contributed by atoms with E-state index in [1.807, 2.05) is 6.07 Å². The number of halogens is 1. The van der Waals surface area contributed by atoms with Gasteiger partial charge in [-0.05, 0) is 42.0 Å². The number of nitrogens with one attached hydrogen (secondary N) is 1. The summed E-state index contributed by atoms with van der Waals surface area (Å²) >= 11 is 6.30. The summed E-state index contributed by atoms with van der Waals surface area (Å²) in [4.78, 5) is 35.6. The van der Waals surface area contributed by atoms with Gasteiger partial charge in [0.1, 0.15) is 5.75 Å². The molecule has 3 aromatic rings. The summed E-state index contributed by atoms with van der Waals surface area (Å²) in [5, 5.41) is 0.569. The van der Waals surface area contributed by atoms with Crippen LogP contribution in [0.15, 0.2) is 40.1 Å². The Morgan fingerprint density at radius 2 is 2.03 bits per heavy atom. The largest absolute Gasteiger partial charge is 0.496 e. The maximum atomic E-state index is 13.2. The molecule has 0 amide bonds. The lowest BCUT2D eigenvalue weighted by Crippen LogP contribution is -2.40. The van der Waals surface area contributed by atoms with Crippen LogP contribution in [0.3, 0.4) is 0 Å². The highest BCUT2D eigenvalue weighted by Crippen LogP contribution is 2.44. The molecule has 3 heterocycles. The minimum Gasteiger partial charge on any atom is -0.496 e. The minimum atomic E-state index is -0.389. The first-order valence-electron chi connectivity index (χ1n) is 11.4. The van der Waals surface area contributed by atoms with Crippen molar-refractivity contribution in [2.45, 2.75) is 31.7 Å². The molecule has 3 aliphatic rings. The number of hydrogen-bond acceptors (Lipinski definition) is 5. The number of nitrogens with zero attached hydrogens (tertiary/aromatic N) is 3. The van der Waals surface area contributed by atoms with Gasteiger partial charge in [-0.3, -0.25) is 14.3 Å². The second-order valence-electron chi connectivity index (χ2n) is 9.23. The molecule has 2 atom stereocenters. The normalized spacial score (nSPS) is 20.8. The summed E-state index contributed by atoms with van der Waals surface area (Å²) in [5.74, 6) is 2.06. The van der Waals surface area contributed by atoms with Crippen LogP contribution >= 0.6 is 11.6 Å². The predicted molar refractivity (Wildman–Crippen MR) is 126 cm³/mol. The molecule has 1 saturated heterocycles. The molecular formula is C25H25ClN4O3. The quantitative estimate of drug-likeness (QED) is 0.502. The van der Waals surface area contributed by atoms with Crippen molar-refractivity contribution in [3.05, 3.63) is 78.6 Å². The van der Waals surface area contributed by atoms with Crippen molar-refractivity contribution in [2.75, 3.05) is 26.7 Å². The highest BCUT2D eigenvalue weighted by atomic mass is 35.5. The van der Waals surface area contributed by atoms with Gasteiger partial charge in [0.05, 0.1) is 18.5 Å². The Labute approximate surface area is 196 Å². The number of likely N-dealkylation sites (tertiary alicyclic amines) is 1. The third kappa shape index (κ3) is 3.25. The number of aromatic amines is 1. The molecule has 2 aliphatic carbocycles. The van der Waals surface area contributed by atoms with E-state index in [0.29, 0.717) is 53.3 Å². The van der Waals surface area contributed by atoms with Crippen molar-refractivity contribution >= 4 is 11.6 Å². The average molecular weight is 465 g/mol. The fraction of sp³-hybridized carbons (Fsp3) is 0.400. The van der Waals surface area contributed by atoms with Crippen LogP contribution in [0.5, 0.6) is 5.75 Å². The Bertz CT molecular complexity index is 1380. The standard InChI is InChI=1S/C25H25ClN4O3/c1-33-21-4-2-3-15-16(21)6-5-14-12-29(13-19(14)15)9-10-30-24(31)18-11-17-20(26)7-8-27-22(17)23(18)28-25(30)32/h2-4,7-8,14,19H,5-6,9-13H2,1H3,(H,28,32)/t14-,19+/m0/s1. The zero-order chi connectivity index (χ0) is 22.7. The lowest BCUT2D eigenvalue weighted by atomic mass is 9.77.